The fraction of sp³-hybridized carbons (Fsp3) is 0.278. The highest BCUT2D eigenvalue weighted by Gasteiger charge is 2.25. The molecule has 1 atom stereocenters. The predicted molar refractivity (Wildman–Crippen MR) is 93.9 cm³/mol. The van der Waals surface area contributed by atoms with Gasteiger partial charge in [-0.3, -0.25) is 5.32 Å². The van der Waals surface area contributed by atoms with Crippen molar-refractivity contribution in [1.82, 2.24) is 0 Å². The summed E-state index contributed by atoms with van der Waals surface area (Å²) >= 11 is 0. The van der Waals surface area contributed by atoms with E-state index in [4.69, 9.17) is 4.74 Å². The molecule has 0 spiro atoms. The molecule has 2 aromatic rings. The molecule has 3 nitrogen and oxygen atoms in total. The van der Waals surface area contributed by atoms with Crippen molar-refractivity contribution in [2.24, 2.45) is 0 Å². The summed E-state index contributed by atoms with van der Waals surface area (Å²) < 4.78 is 5.70. The van der Waals surface area contributed by atoms with Crippen molar-refractivity contribution >= 4 is 19.9 Å². The van der Waals surface area contributed by atoms with Gasteiger partial charge in [0.25, 0.3) is 0 Å². The minimum atomic E-state index is -1.37. The van der Waals surface area contributed by atoms with Gasteiger partial charge in [-0.15, -0.1) is 0 Å². The summed E-state index contributed by atoms with van der Waals surface area (Å²) in [7, 11) is -1.37. The number of benzene rings is 2. The quantitative estimate of drug-likeness (QED) is 0.759. The lowest BCUT2D eigenvalue weighted by molar-refractivity contribution is 0.120. The molecule has 0 saturated heterocycles. The van der Waals surface area contributed by atoms with E-state index in [0.717, 1.165) is 17.3 Å². The maximum absolute atomic E-state index is 12.2. The van der Waals surface area contributed by atoms with E-state index in [2.05, 4.69) is 25.0 Å². The molecule has 0 aliphatic rings. The van der Waals surface area contributed by atoms with Gasteiger partial charge in [-0.25, -0.2) is 4.79 Å². The molecule has 0 aromatic heterocycles. The average molecular weight is 313 g/mol. The smallest absolute Gasteiger partial charge is 0.412 e. The summed E-state index contributed by atoms with van der Waals surface area (Å²) in [6.07, 6.45) is -0.602. The number of hydrogen-bond acceptors (Lipinski definition) is 2. The van der Waals surface area contributed by atoms with Gasteiger partial charge in [0.05, 0.1) is 0 Å². The summed E-state index contributed by atoms with van der Waals surface area (Å²) in [6.45, 7) is 6.84. The van der Waals surface area contributed by atoms with Crippen molar-refractivity contribution in [3.63, 3.8) is 0 Å². The van der Waals surface area contributed by atoms with Gasteiger partial charge in [0, 0.05) is 13.8 Å². The monoisotopic (exact) mass is 313 g/mol. The molecule has 22 heavy (non-hydrogen) atoms. The molecule has 2 rings (SSSR count). The van der Waals surface area contributed by atoms with Crippen LogP contribution in [0.2, 0.25) is 25.7 Å². The molecule has 1 amide bonds. The first kappa shape index (κ1) is 16.3. The van der Waals surface area contributed by atoms with Crippen LogP contribution in [0, 0.1) is 0 Å². The first-order valence-electron chi connectivity index (χ1n) is 7.52. The maximum atomic E-state index is 12.2. The lowest BCUT2D eigenvalue weighted by Crippen LogP contribution is -2.27. The van der Waals surface area contributed by atoms with Gasteiger partial charge in [-0.1, -0.05) is 68.2 Å². The maximum Gasteiger partial charge on any atom is 0.412 e. The topological polar surface area (TPSA) is 38.3 Å². The number of ether oxygens (including phenoxy) is 1. The van der Waals surface area contributed by atoms with Crippen molar-refractivity contribution in [3.05, 3.63) is 66.2 Å². The molecule has 0 heterocycles. The Bertz CT molecular complexity index is 593. The van der Waals surface area contributed by atoms with Crippen LogP contribution in [0.5, 0.6) is 0 Å². The van der Waals surface area contributed by atoms with Gasteiger partial charge in [0.15, 0.2) is 0 Å². The second-order valence-corrected chi connectivity index (χ2v) is 12.1. The molecule has 1 unspecified atom stereocenters. The number of carbonyl (C=O) groups excluding carboxylic acids is 1. The zero-order valence-corrected chi connectivity index (χ0v) is 14.4. The fourth-order valence-electron chi connectivity index (χ4n) is 2.25. The number of rotatable bonds is 5. The Morgan fingerprint density at radius 2 is 1.55 bits per heavy atom. The highest BCUT2D eigenvalue weighted by atomic mass is 28.3. The predicted octanol–water partition coefficient (Wildman–Crippen LogP) is 5.31. The van der Waals surface area contributed by atoms with E-state index in [9.17, 15) is 4.79 Å². The third-order valence-corrected chi connectivity index (χ3v) is 4.83. The highest BCUT2D eigenvalue weighted by molar-refractivity contribution is 6.76. The highest BCUT2D eigenvalue weighted by Crippen LogP contribution is 2.28. The Morgan fingerprint density at radius 3 is 2.09 bits per heavy atom. The molecule has 1 N–H and O–H groups in total. The van der Waals surface area contributed by atoms with Gasteiger partial charge in [-0.2, -0.15) is 0 Å². The van der Waals surface area contributed by atoms with Crippen molar-refractivity contribution in [1.29, 1.82) is 0 Å². The Labute approximate surface area is 133 Å². The molecular weight excluding hydrogens is 290 g/mol. The van der Waals surface area contributed by atoms with Gasteiger partial charge in [-0.05, 0) is 23.7 Å². The van der Waals surface area contributed by atoms with Crippen LogP contribution in [0.15, 0.2) is 60.7 Å². The molecule has 4 heteroatoms. The summed E-state index contributed by atoms with van der Waals surface area (Å²) in [5.74, 6) is 0. The standard InChI is InChI=1S/C18H23NO2Si/c1-22(2,3)14-17(15-10-6-4-7-11-15)21-18(20)19-16-12-8-5-9-13-16/h4-13,17H,14H2,1-3H3,(H,19,20). The van der Waals surface area contributed by atoms with Gasteiger partial charge in [0.1, 0.15) is 6.10 Å². The van der Waals surface area contributed by atoms with Crippen molar-refractivity contribution in [2.45, 2.75) is 31.8 Å². The van der Waals surface area contributed by atoms with Crippen LogP contribution in [-0.2, 0) is 4.74 Å². The number of hydrogen-bond donors (Lipinski definition) is 1. The zero-order chi connectivity index (χ0) is 16.0. The molecule has 0 radical (unpaired) electrons. The van der Waals surface area contributed by atoms with Crippen LogP contribution in [0.4, 0.5) is 10.5 Å². The first-order chi connectivity index (χ1) is 10.4. The Morgan fingerprint density at radius 1 is 1.00 bits per heavy atom. The van der Waals surface area contributed by atoms with Gasteiger partial charge >= 0.3 is 6.09 Å². The minimum absolute atomic E-state index is 0.198. The van der Waals surface area contributed by atoms with E-state index in [1.54, 1.807) is 0 Å². The number of carbonyl (C=O) groups is 1. The van der Waals surface area contributed by atoms with Crippen LogP contribution < -0.4 is 5.32 Å². The van der Waals surface area contributed by atoms with E-state index in [-0.39, 0.29) is 6.10 Å². The number of anilines is 1. The fourth-order valence-corrected chi connectivity index (χ4v) is 3.68. The lowest BCUT2D eigenvalue weighted by Gasteiger charge is -2.25. The second kappa shape index (κ2) is 7.27. The lowest BCUT2D eigenvalue weighted by atomic mass is 10.1. The Hall–Kier alpha value is -2.07. The van der Waals surface area contributed by atoms with Crippen molar-refractivity contribution in [3.8, 4) is 0 Å². The molecule has 2 aromatic carbocycles. The first-order valence-corrected chi connectivity index (χ1v) is 11.2. The average Bonchev–Trinajstić information content (AvgIpc) is 2.47. The zero-order valence-electron chi connectivity index (χ0n) is 13.4. The third kappa shape index (κ3) is 5.37. The number of nitrogens with one attached hydrogen (secondary N) is 1. The van der Waals surface area contributed by atoms with Crippen LogP contribution >= 0.6 is 0 Å². The SMILES string of the molecule is C[Si](C)(C)CC(OC(=O)Nc1ccccc1)c1ccccc1. The molecule has 0 aliphatic carbocycles. The van der Waals surface area contributed by atoms with Crippen LogP contribution in [0.1, 0.15) is 11.7 Å². The van der Waals surface area contributed by atoms with E-state index in [1.807, 2.05) is 60.7 Å². The summed E-state index contributed by atoms with van der Waals surface area (Å²) in [5, 5.41) is 2.78. The summed E-state index contributed by atoms with van der Waals surface area (Å²) in [6, 6.07) is 20.2. The van der Waals surface area contributed by atoms with E-state index >= 15 is 0 Å². The third-order valence-electron chi connectivity index (χ3n) is 3.24. The molecular formula is C18H23NO2Si. The van der Waals surface area contributed by atoms with Crippen LogP contribution in [0.25, 0.3) is 0 Å². The largest absolute Gasteiger partial charge is 0.441 e. The normalized spacial score (nSPS) is 12.5. The Balaban J connectivity index is 2.07. The molecule has 0 fully saturated rings. The molecule has 0 saturated carbocycles. The van der Waals surface area contributed by atoms with Crippen molar-refractivity contribution < 1.29 is 9.53 Å². The number of amides is 1. The Kier molecular flexibility index (Phi) is 5.39. The van der Waals surface area contributed by atoms with Crippen LogP contribution in [-0.4, -0.2) is 14.2 Å². The van der Waals surface area contributed by atoms with Crippen molar-refractivity contribution in [2.75, 3.05) is 5.32 Å². The number of para-hydroxylation sites is 1. The van der Waals surface area contributed by atoms with E-state index in [0.29, 0.717) is 0 Å². The van der Waals surface area contributed by atoms with E-state index in [1.165, 1.54) is 0 Å². The van der Waals surface area contributed by atoms with Gasteiger partial charge in [0.2, 0.25) is 0 Å². The molecule has 116 valence electrons. The minimum Gasteiger partial charge on any atom is -0.441 e. The second-order valence-electron chi connectivity index (χ2n) is 6.56. The summed E-state index contributed by atoms with van der Waals surface area (Å²) in [5.41, 5.74) is 1.79. The van der Waals surface area contributed by atoms with E-state index < -0.39 is 14.2 Å². The van der Waals surface area contributed by atoms with Gasteiger partial charge < -0.3 is 4.74 Å². The molecule has 0 bridgehead atoms. The van der Waals surface area contributed by atoms with Crippen LogP contribution in [0.3, 0.4) is 0 Å². The summed E-state index contributed by atoms with van der Waals surface area (Å²) in [4.78, 5) is 12.2. The molecule has 0 aliphatic heterocycles.